The summed E-state index contributed by atoms with van der Waals surface area (Å²) in [5.74, 6) is 0.977. The van der Waals surface area contributed by atoms with Crippen molar-refractivity contribution in [3.05, 3.63) is 30.5 Å². The minimum Gasteiger partial charge on any atom is -0.377 e. The molecule has 2 heterocycles. The van der Waals surface area contributed by atoms with Gasteiger partial charge in [-0.1, -0.05) is 24.3 Å². The first-order chi connectivity index (χ1) is 8.84. The van der Waals surface area contributed by atoms with E-state index in [0.29, 0.717) is 0 Å². The third-order valence-electron chi connectivity index (χ3n) is 3.30. The molecule has 2 aromatic rings. The van der Waals surface area contributed by atoms with Gasteiger partial charge >= 0.3 is 0 Å². The van der Waals surface area contributed by atoms with Gasteiger partial charge < -0.3 is 9.64 Å². The highest BCUT2D eigenvalue weighted by Crippen LogP contribution is 2.24. The van der Waals surface area contributed by atoms with E-state index in [1.54, 1.807) is 0 Å². The van der Waals surface area contributed by atoms with E-state index in [9.17, 15) is 0 Å². The topological polar surface area (TPSA) is 38.2 Å². The Labute approximate surface area is 107 Å². The van der Waals surface area contributed by atoms with Gasteiger partial charge in [-0.2, -0.15) is 5.10 Å². The molecular weight excluding hydrogens is 226 g/mol. The summed E-state index contributed by atoms with van der Waals surface area (Å²) in [4.78, 5) is 2.28. The number of aromatic nitrogens is 2. The Morgan fingerprint density at radius 2 is 2.22 bits per heavy atom. The van der Waals surface area contributed by atoms with E-state index in [0.717, 1.165) is 37.3 Å². The number of rotatable bonds is 1. The molecule has 4 nitrogen and oxygen atoms in total. The lowest BCUT2D eigenvalue weighted by molar-refractivity contribution is 0.0820. The Hall–Kier alpha value is -1.68. The maximum atomic E-state index is 5.68. The summed E-state index contributed by atoms with van der Waals surface area (Å²) >= 11 is 0. The number of benzene rings is 1. The summed E-state index contributed by atoms with van der Waals surface area (Å²) in [5.41, 5.74) is 0. The maximum absolute atomic E-state index is 5.68. The second-order valence-corrected chi connectivity index (χ2v) is 4.74. The van der Waals surface area contributed by atoms with Crippen LogP contribution in [0, 0.1) is 0 Å². The van der Waals surface area contributed by atoms with Gasteiger partial charge in [0.1, 0.15) is 0 Å². The molecule has 0 saturated carbocycles. The number of anilines is 1. The summed E-state index contributed by atoms with van der Waals surface area (Å²) in [6.45, 7) is 4.79. The molecule has 94 valence electrons. The van der Waals surface area contributed by atoms with Gasteiger partial charge in [0, 0.05) is 30.5 Å². The normalized spacial score (nSPS) is 20.9. The molecule has 1 fully saturated rings. The summed E-state index contributed by atoms with van der Waals surface area (Å²) in [6, 6.07) is 8.26. The van der Waals surface area contributed by atoms with Crippen LogP contribution in [0.4, 0.5) is 5.82 Å². The van der Waals surface area contributed by atoms with E-state index >= 15 is 0 Å². The van der Waals surface area contributed by atoms with Crippen LogP contribution >= 0.6 is 0 Å². The first-order valence-electron chi connectivity index (χ1n) is 6.41. The number of fused-ring (bicyclic) bond motifs is 1. The van der Waals surface area contributed by atoms with Crippen LogP contribution < -0.4 is 4.90 Å². The molecule has 1 saturated heterocycles. The number of nitrogens with zero attached hydrogens (tertiary/aromatic N) is 3. The van der Waals surface area contributed by atoms with E-state index in [2.05, 4.69) is 34.2 Å². The first-order valence-corrected chi connectivity index (χ1v) is 6.41. The molecule has 1 aliphatic rings. The molecule has 4 heteroatoms. The van der Waals surface area contributed by atoms with Crippen LogP contribution in [-0.4, -0.2) is 36.0 Å². The Balaban J connectivity index is 2.02. The second kappa shape index (κ2) is 4.90. The predicted octanol–water partition coefficient (Wildman–Crippen LogP) is 2.25. The molecule has 0 spiro atoms. The molecule has 1 atom stereocenters. The molecule has 0 amide bonds. The number of hydrogen-bond acceptors (Lipinski definition) is 4. The zero-order valence-corrected chi connectivity index (χ0v) is 10.5. The lowest BCUT2D eigenvalue weighted by atomic mass is 10.2. The Kier molecular flexibility index (Phi) is 3.11. The summed E-state index contributed by atoms with van der Waals surface area (Å²) in [6.07, 6.45) is 3.10. The molecule has 1 aliphatic heterocycles. The van der Waals surface area contributed by atoms with E-state index in [1.807, 2.05) is 18.3 Å². The highest BCUT2D eigenvalue weighted by Gasteiger charge is 2.18. The predicted molar refractivity (Wildman–Crippen MR) is 71.8 cm³/mol. The molecule has 1 aromatic heterocycles. The highest BCUT2D eigenvalue weighted by atomic mass is 16.5. The Morgan fingerprint density at radius 1 is 1.33 bits per heavy atom. The van der Waals surface area contributed by atoms with Crippen molar-refractivity contribution in [1.29, 1.82) is 0 Å². The quantitative estimate of drug-likeness (QED) is 0.770. The molecule has 0 aliphatic carbocycles. The summed E-state index contributed by atoms with van der Waals surface area (Å²) in [7, 11) is 0. The lowest BCUT2D eigenvalue weighted by Gasteiger charge is -2.23. The third kappa shape index (κ3) is 2.16. The Morgan fingerprint density at radius 3 is 3.17 bits per heavy atom. The fraction of sp³-hybridized carbons (Fsp3) is 0.429. The summed E-state index contributed by atoms with van der Waals surface area (Å²) in [5, 5.41) is 10.7. The van der Waals surface area contributed by atoms with Gasteiger partial charge in [-0.15, -0.1) is 5.10 Å². The van der Waals surface area contributed by atoms with E-state index in [4.69, 9.17) is 4.74 Å². The van der Waals surface area contributed by atoms with Crippen LogP contribution in [0.25, 0.3) is 10.8 Å². The van der Waals surface area contributed by atoms with Gasteiger partial charge in [-0.05, 0) is 13.3 Å². The number of hydrogen-bond donors (Lipinski definition) is 0. The molecule has 1 aromatic carbocycles. The van der Waals surface area contributed by atoms with Crippen molar-refractivity contribution in [3.8, 4) is 0 Å². The van der Waals surface area contributed by atoms with Crippen molar-refractivity contribution in [3.63, 3.8) is 0 Å². The van der Waals surface area contributed by atoms with Crippen LogP contribution in [0.3, 0.4) is 0 Å². The SMILES string of the molecule is CC1CN(c2nncc3ccccc23)CCCO1. The molecule has 18 heavy (non-hydrogen) atoms. The first kappa shape index (κ1) is 11.4. The molecule has 1 unspecified atom stereocenters. The van der Waals surface area contributed by atoms with Gasteiger partial charge in [0.05, 0.1) is 12.3 Å². The monoisotopic (exact) mass is 243 g/mol. The van der Waals surface area contributed by atoms with Gasteiger partial charge in [0.15, 0.2) is 5.82 Å². The zero-order valence-electron chi connectivity index (χ0n) is 10.5. The minimum atomic E-state index is 0.244. The average Bonchev–Trinajstić information content (AvgIpc) is 2.63. The molecule has 3 rings (SSSR count). The number of ether oxygens (including phenoxy) is 1. The van der Waals surface area contributed by atoms with E-state index in [-0.39, 0.29) is 6.10 Å². The van der Waals surface area contributed by atoms with Crippen LogP contribution in [0.2, 0.25) is 0 Å². The molecular formula is C14H17N3O. The molecule has 0 bridgehead atoms. The van der Waals surface area contributed by atoms with Crippen LogP contribution in [0.5, 0.6) is 0 Å². The van der Waals surface area contributed by atoms with Gasteiger partial charge in [0.25, 0.3) is 0 Å². The smallest absolute Gasteiger partial charge is 0.159 e. The largest absolute Gasteiger partial charge is 0.377 e. The van der Waals surface area contributed by atoms with Gasteiger partial charge in [-0.3, -0.25) is 0 Å². The van der Waals surface area contributed by atoms with Crippen molar-refractivity contribution < 1.29 is 4.74 Å². The molecule has 0 radical (unpaired) electrons. The average molecular weight is 243 g/mol. The van der Waals surface area contributed by atoms with Crippen LogP contribution in [0.15, 0.2) is 30.5 Å². The van der Waals surface area contributed by atoms with Crippen molar-refractivity contribution >= 4 is 16.6 Å². The van der Waals surface area contributed by atoms with Crippen LogP contribution in [0.1, 0.15) is 13.3 Å². The van der Waals surface area contributed by atoms with Gasteiger partial charge in [-0.25, -0.2) is 0 Å². The van der Waals surface area contributed by atoms with Crippen molar-refractivity contribution in [2.75, 3.05) is 24.6 Å². The highest BCUT2D eigenvalue weighted by molar-refractivity contribution is 5.91. The van der Waals surface area contributed by atoms with Crippen molar-refractivity contribution in [2.45, 2.75) is 19.4 Å². The van der Waals surface area contributed by atoms with Crippen molar-refractivity contribution in [2.24, 2.45) is 0 Å². The van der Waals surface area contributed by atoms with E-state index < -0.39 is 0 Å². The standard InChI is InChI=1S/C14H17N3O/c1-11-10-17(7-4-8-18-11)14-13-6-3-2-5-12(13)9-15-16-14/h2-3,5-6,9,11H,4,7-8,10H2,1H3. The Bertz CT molecular complexity index is 538. The lowest BCUT2D eigenvalue weighted by Crippen LogP contribution is -2.31. The minimum absolute atomic E-state index is 0.244. The molecule has 0 N–H and O–H groups in total. The van der Waals surface area contributed by atoms with E-state index in [1.165, 1.54) is 5.39 Å². The zero-order chi connectivity index (χ0) is 12.4. The van der Waals surface area contributed by atoms with Crippen molar-refractivity contribution in [1.82, 2.24) is 10.2 Å². The fourth-order valence-corrected chi connectivity index (χ4v) is 2.43. The summed E-state index contributed by atoms with van der Waals surface area (Å²) < 4.78 is 5.68. The van der Waals surface area contributed by atoms with Crippen LogP contribution in [-0.2, 0) is 4.74 Å². The second-order valence-electron chi connectivity index (χ2n) is 4.74. The van der Waals surface area contributed by atoms with Gasteiger partial charge in [0.2, 0.25) is 0 Å². The fourth-order valence-electron chi connectivity index (χ4n) is 2.43. The third-order valence-corrected chi connectivity index (χ3v) is 3.30. The maximum Gasteiger partial charge on any atom is 0.159 e.